The Morgan fingerprint density at radius 1 is 0.318 bits per heavy atom. The van der Waals surface area contributed by atoms with Gasteiger partial charge in [0.2, 0.25) is 0 Å². The fourth-order valence-corrected chi connectivity index (χ4v) is 9.21. The van der Waals surface area contributed by atoms with Crippen LogP contribution in [-0.4, -0.2) is 153 Å². The number of unbranched alkanes of at least 4 members (excludes halogenated alkanes) is 9. The number of Topliss-reactive ketones (excluding diaryl/α,β-unsaturated/α-hetero) is 1. The molecule has 7 nitrogen and oxygen atoms in total. The van der Waals surface area contributed by atoms with Crippen LogP contribution in [0.2, 0.25) is 0 Å². The maximum atomic E-state index is 11.2. The predicted octanol–water partition coefficient (Wildman–Crippen LogP) is 14.4. The van der Waals surface area contributed by atoms with Gasteiger partial charge in [-0.2, -0.15) is 0 Å². The third kappa shape index (κ3) is 35.7. The lowest BCUT2D eigenvalue weighted by atomic mass is 9.98. The van der Waals surface area contributed by atoms with Crippen LogP contribution in [0.15, 0.2) is 12.1 Å². The summed E-state index contributed by atoms with van der Waals surface area (Å²) in [6.07, 6.45) is 29.3. The third-order valence-corrected chi connectivity index (χ3v) is 13.8. The zero-order valence-electron chi connectivity index (χ0n) is 47.0. The van der Waals surface area contributed by atoms with E-state index in [2.05, 4.69) is 90.9 Å². The lowest BCUT2D eigenvalue weighted by Gasteiger charge is -2.29. The zero-order chi connectivity index (χ0) is 49.0. The molecule has 0 atom stereocenters. The lowest BCUT2D eigenvalue weighted by Crippen LogP contribution is -2.36. The third-order valence-electron chi connectivity index (χ3n) is 13.8. The van der Waals surface area contributed by atoms with Crippen LogP contribution < -0.4 is 0 Å². The number of ketones is 1. The van der Waals surface area contributed by atoms with Crippen molar-refractivity contribution in [2.45, 2.75) is 224 Å². The minimum Gasteiger partial charge on any atom is -0.303 e. The first-order valence-electron chi connectivity index (χ1n) is 29.0. The number of aryl methyl sites for hydroxylation is 2. The molecule has 66 heavy (non-hydrogen) atoms. The second-order valence-electron chi connectivity index (χ2n) is 20.3. The molecular weight excluding hydrogens is 809 g/mol. The molecule has 390 valence electrons. The van der Waals surface area contributed by atoms with Gasteiger partial charge < -0.3 is 29.4 Å². The quantitative estimate of drug-likeness (QED) is 0.0476. The maximum Gasteiger partial charge on any atom is 0.160 e. The van der Waals surface area contributed by atoms with Gasteiger partial charge in [-0.25, -0.2) is 0 Å². The van der Waals surface area contributed by atoms with Crippen molar-refractivity contribution < 1.29 is 4.79 Å². The molecule has 0 radical (unpaired) electrons. The van der Waals surface area contributed by atoms with E-state index < -0.39 is 0 Å². The molecule has 0 aliphatic carbocycles. The first kappa shape index (κ1) is 64.7. The van der Waals surface area contributed by atoms with E-state index in [1.807, 2.05) is 26.8 Å². The fourth-order valence-electron chi connectivity index (χ4n) is 9.21. The van der Waals surface area contributed by atoms with Crippen LogP contribution in [0, 0.1) is 20.8 Å². The Kier molecular flexibility index (Phi) is 45.1. The first-order chi connectivity index (χ1) is 32.0. The summed E-state index contributed by atoms with van der Waals surface area (Å²) in [5.41, 5.74) is 4.31. The molecule has 0 saturated carbocycles. The summed E-state index contributed by atoms with van der Waals surface area (Å²) in [7, 11) is 0. The highest BCUT2D eigenvalue weighted by Crippen LogP contribution is 2.16. The van der Waals surface area contributed by atoms with Crippen LogP contribution in [0.3, 0.4) is 0 Å². The molecule has 0 unspecified atom stereocenters. The molecule has 1 aromatic carbocycles. The standard InChI is InChI=1S/C48H104N6.C11H14O/c1-9-17-31-49(32-18-10-2)41-27-45-53(46-28-42-50(33-19-11-3)34-20-12-4)39-25-26-40-54(47-29-43-51(35-21-13-5)36-22-14-6)48-30-44-52(37-23-15-7)38-24-16-8;1-7-5-8(2)9(3)11(6-7)10(4)12/h9-48H2,1-8H3;5-6H,1-4H3. The van der Waals surface area contributed by atoms with Gasteiger partial charge in [0.1, 0.15) is 0 Å². The molecule has 0 aromatic heterocycles. The molecule has 0 amide bonds. The molecule has 0 aliphatic rings. The topological polar surface area (TPSA) is 36.5 Å². The molecule has 0 saturated heterocycles. The summed E-state index contributed by atoms with van der Waals surface area (Å²) in [4.78, 5) is 28.0. The molecular formula is C59H118N6O. The number of hydrogen-bond acceptors (Lipinski definition) is 7. The Labute approximate surface area is 414 Å². The molecule has 1 rings (SSSR count). The van der Waals surface area contributed by atoms with Crippen molar-refractivity contribution in [2.75, 3.05) is 118 Å². The van der Waals surface area contributed by atoms with Crippen LogP contribution >= 0.6 is 0 Å². The number of nitrogens with zero attached hydrogens (tertiary/aromatic N) is 6. The van der Waals surface area contributed by atoms with Crippen molar-refractivity contribution in [3.63, 3.8) is 0 Å². The van der Waals surface area contributed by atoms with E-state index in [-0.39, 0.29) is 5.78 Å². The van der Waals surface area contributed by atoms with Gasteiger partial charge in [0.25, 0.3) is 0 Å². The second kappa shape index (κ2) is 46.1. The van der Waals surface area contributed by atoms with Crippen molar-refractivity contribution in [3.8, 4) is 0 Å². The first-order valence-corrected chi connectivity index (χ1v) is 29.0. The molecule has 0 N–H and O–H groups in total. The fraction of sp³-hybridized carbons (Fsp3) is 0.881. The summed E-state index contributed by atoms with van der Waals surface area (Å²) in [5, 5.41) is 0. The molecule has 1 aromatic rings. The number of benzene rings is 1. The van der Waals surface area contributed by atoms with Crippen molar-refractivity contribution in [3.05, 3.63) is 34.4 Å². The average molecular weight is 928 g/mol. The van der Waals surface area contributed by atoms with Gasteiger partial charge in [-0.1, -0.05) is 118 Å². The van der Waals surface area contributed by atoms with Crippen LogP contribution in [0.5, 0.6) is 0 Å². The highest BCUT2D eigenvalue weighted by molar-refractivity contribution is 5.96. The zero-order valence-corrected chi connectivity index (χ0v) is 47.0. The van der Waals surface area contributed by atoms with Crippen molar-refractivity contribution in [1.29, 1.82) is 0 Å². The minimum atomic E-state index is 0.152. The summed E-state index contributed by atoms with van der Waals surface area (Å²) in [5.74, 6) is 0.152. The van der Waals surface area contributed by atoms with Gasteiger partial charge in [0, 0.05) is 5.56 Å². The Morgan fingerprint density at radius 2 is 0.515 bits per heavy atom. The number of carbonyl (C=O) groups excluding carboxylic acids is 1. The van der Waals surface area contributed by atoms with Crippen LogP contribution in [0.4, 0.5) is 0 Å². The van der Waals surface area contributed by atoms with E-state index in [0.29, 0.717) is 0 Å². The monoisotopic (exact) mass is 927 g/mol. The van der Waals surface area contributed by atoms with E-state index >= 15 is 0 Å². The normalized spacial score (nSPS) is 11.9. The molecule has 0 aliphatic heterocycles. The van der Waals surface area contributed by atoms with Gasteiger partial charge in [-0.3, -0.25) is 4.79 Å². The average Bonchev–Trinajstić information content (AvgIpc) is 3.31. The number of hydrogen-bond donors (Lipinski definition) is 0. The highest BCUT2D eigenvalue weighted by atomic mass is 16.1. The Balaban J connectivity index is 0.00000302. The summed E-state index contributed by atoms with van der Waals surface area (Å²) >= 11 is 0. The van der Waals surface area contributed by atoms with Gasteiger partial charge in [0.15, 0.2) is 5.78 Å². The van der Waals surface area contributed by atoms with E-state index in [4.69, 9.17) is 0 Å². The molecule has 7 heteroatoms. The summed E-state index contributed by atoms with van der Waals surface area (Å²) in [6, 6.07) is 4.05. The Bertz CT molecular complexity index is 1070. The second-order valence-corrected chi connectivity index (χ2v) is 20.3. The van der Waals surface area contributed by atoms with Crippen LogP contribution in [0.1, 0.15) is 231 Å². The van der Waals surface area contributed by atoms with Gasteiger partial charge in [0.05, 0.1) is 0 Å². The van der Waals surface area contributed by atoms with Gasteiger partial charge in [-0.05, 0) is 253 Å². The van der Waals surface area contributed by atoms with E-state index in [0.717, 1.165) is 16.7 Å². The maximum absolute atomic E-state index is 11.2. The summed E-state index contributed by atoms with van der Waals surface area (Å²) in [6.45, 7) is 49.5. The number of carbonyl (C=O) groups is 1. The highest BCUT2D eigenvalue weighted by Gasteiger charge is 2.14. The van der Waals surface area contributed by atoms with E-state index in [1.54, 1.807) is 6.92 Å². The molecule has 0 heterocycles. The Hall–Kier alpha value is -1.35. The SMILES string of the molecule is CC(=O)c1cc(C)cc(C)c1C.CCCCN(CCCC)CCCN(CCCCN(CCCN(CCCC)CCCC)CCCN(CCCC)CCCC)CCCN(CCCC)CCCC. The minimum absolute atomic E-state index is 0.152. The van der Waals surface area contributed by atoms with E-state index in [9.17, 15) is 4.79 Å². The van der Waals surface area contributed by atoms with Crippen molar-refractivity contribution >= 4 is 5.78 Å². The lowest BCUT2D eigenvalue weighted by molar-refractivity contribution is 0.101. The summed E-state index contributed by atoms with van der Waals surface area (Å²) < 4.78 is 0. The number of rotatable bonds is 46. The molecule has 0 bridgehead atoms. The van der Waals surface area contributed by atoms with Crippen molar-refractivity contribution in [1.82, 2.24) is 29.4 Å². The smallest absolute Gasteiger partial charge is 0.160 e. The molecule has 0 spiro atoms. The van der Waals surface area contributed by atoms with Gasteiger partial charge in [-0.15, -0.1) is 0 Å². The molecule has 0 fully saturated rings. The van der Waals surface area contributed by atoms with E-state index in [1.165, 1.54) is 265 Å². The Morgan fingerprint density at radius 3 is 0.712 bits per heavy atom. The van der Waals surface area contributed by atoms with Crippen LogP contribution in [0.25, 0.3) is 0 Å². The largest absolute Gasteiger partial charge is 0.303 e. The van der Waals surface area contributed by atoms with Crippen molar-refractivity contribution in [2.24, 2.45) is 0 Å². The van der Waals surface area contributed by atoms with Gasteiger partial charge >= 0.3 is 0 Å². The van der Waals surface area contributed by atoms with Crippen LogP contribution in [-0.2, 0) is 0 Å². The predicted molar refractivity (Wildman–Crippen MR) is 296 cm³/mol.